The van der Waals surface area contributed by atoms with Gasteiger partial charge in [0.05, 0.1) is 23.2 Å². The molecule has 0 saturated carbocycles. The molecule has 2 heterocycles. The fourth-order valence-corrected chi connectivity index (χ4v) is 2.77. The molecule has 1 aliphatic heterocycles. The van der Waals surface area contributed by atoms with Crippen LogP contribution in [0.1, 0.15) is 11.5 Å². The van der Waals surface area contributed by atoms with E-state index in [4.69, 9.17) is 4.52 Å². The lowest BCUT2D eigenvalue weighted by molar-refractivity contribution is -0.384. The average Bonchev–Trinajstić information content (AvgIpc) is 2.93. The molecule has 8 heteroatoms. The lowest BCUT2D eigenvalue weighted by Crippen LogP contribution is -2.46. The highest BCUT2D eigenvalue weighted by molar-refractivity contribution is 5.63. The van der Waals surface area contributed by atoms with Crippen molar-refractivity contribution in [2.75, 3.05) is 31.1 Å². The maximum atomic E-state index is 13.2. The molecular weight excluding hydrogens is 303 g/mol. The second kappa shape index (κ2) is 6.33. The van der Waals surface area contributed by atoms with Crippen LogP contribution in [0.15, 0.2) is 28.8 Å². The molecule has 0 unspecified atom stereocenters. The van der Waals surface area contributed by atoms with Gasteiger partial charge in [0.2, 0.25) is 0 Å². The van der Waals surface area contributed by atoms with Gasteiger partial charge in [-0.3, -0.25) is 15.0 Å². The normalized spacial score (nSPS) is 15.8. The Morgan fingerprint density at radius 2 is 2.04 bits per heavy atom. The Kier molecular flexibility index (Phi) is 4.24. The highest BCUT2D eigenvalue weighted by atomic mass is 19.1. The number of hydrogen-bond donors (Lipinski definition) is 0. The molecule has 1 aromatic heterocycles. The van der Waals surface area contributed by atoms with Crippen molar-refractivity contribution in [1.29, 1.82) is 0 Å². The van der Waals surface area contributed by atoms with Crippen LogP contribution in [0.3, 0.4) is 0 Å². The number of rotatable bonds is 4. The van der Waals surface area contributed by atoms with Gasteiger partial charge in [0.15, 0.2) is 5.76 Å². The monoisotopic (exact) mass is 320 g/mol. The molecule has 7 nitrogen and oxygen atoms in total. The van der Waals surface area contributed by atoms with Crippen molar-refractivity contribution in [3.63, 3.8) is 0 Å². The van der Waals surface area contributed by atoms with E-state index in [1.807, 2.05) is 17.9 Å². The number of halogens is 1. The maximum Gasteiger partial charge on any atom is 0.295 e. The second-order valence-electron chi connectivity index (χ2n) is 5.59. The summed E-state index contributed by atoms with van der Waals surface area (Å²) in [6.07, 6.45) is 0. The fraction of sp³-hybridized carbons (Fsp3) is 0.400. The van der Waals surface area contributed by atoms with Crippen LogP contribution >= 0.6 is 0 Å². The minimum atomic E-state index is -0.597. The van der Waals surface area contributed by atoms with Gasteiger partial charge in [-0.1, -0.05) is 5.16 Å². The summed E-state index contributed by atoms with van der Waals surface area (Å²) in [7, 11) is 0. The molecule has 1 saturated heterocycles. The van der Waals surface area contributed by atoms with Gasteiger partial charge in [-0.2, -0.15) is 0 Å². The Balaban J connectivity index is 1.66. The Morgan fingerprint density at radius 3 is 2.65 bits per heavy atom. The molecule has 122 valence electrons. The number of piperazine rings is 1. The summed E-state index contributed by atoms with van der Waals surface area (Å²) in [6.45, 7) is 5.31. The molecule has 0 N–H and O–H groups in total. The second-order valence-corrected chi connectivity index (χ2v) is 5.59. The number of nitrogens with zero attached hydrogens (tertiary/aromatic N) is 4. The molecule has 1 fully saturated rings. The van der Waals surface area contributed by atoms with Gasteiger partial charge in [0.25, 0.3) is 5.69 Å². The van der Waals surface area contributed by atoms with Gasteiger partial charge < -0.3 is 9.42 Å². The van der Waals surface area contributed by atoms with E-state index in [9.17, 15) is 14.5 Å². The fourth-order valence-electron chi connectivity index (χ4n) is 2.77. The third kappa shape index (κ3) is 3.48. The van der Waals surface area contributed by atoms with Crippen molar-refractivity contribution in [3.8, 4) is 0 Å². The minimum absolute atomic E-state index is 0.190. The summed E-state index contributed by atoms with van der Waals surface area (Å²) < 4.78 is 18.4. The summed E-state index contributed by atoms with van der Waals surface area (Å²) in [5.74, 6) is 0.212. The van der Waals surface area contributed by atoms with Crippen LogP contribution in [0.5, 0.6) is 0 Å². The zero-order valence-electron chi connectivity index (χ0n) is 12.7. The van der Waals surface area contributed by atoms with Gasteiger partial charge in [-0.15, -0.1) is 0 Å². The zero-order valence-corrected chi connectivity index (χ0v) is 12.7. The molecular formula is C15H17FN4O3. The number of benzene rings is 1. The molecule has 0 amide bonds. The lowest BCUT2D eigenvalue weighted by atomic mass is 10.2. The molecule has 0 bridgehead atoms. The summed E-state index contributed by atoms with van der Waals surface area (Å²) in [6, 6.07) is 5.60. The van der Waals surface area contributed by atoms with Crippen LogP contribution in [-0.4, -0.2) is 41.2 Å². The van der Waals surface area contributed by atoms with Gasteiger partial charge >= 0.3 is 0 Å². The molecule has 1 aliphatic rings. The predicted molar refractivity (Wildman–Crippen MR) is 81.8 cm³/mol. The largest absolute Gasteiger partial charge is 0.363 e. The van der Waals surface area contributed by atoms with Gasteiger partial charge in [0.1, 0.15) is 11.5 Å². The Bertz CT molecular complexity index is 710. The van der Waals surface area contributed by atoms with Crippen molar-refractivity contribution in [3.05, 3.63) is 51.7 Å². The van der Waals surface area contributed by atoms with Crippen LogP contribution in [0.4, 0.5) is 15.8 Å². The first-order valence-electron chi connectivity index (χ1n) is 7.36. The molecule has 0 spiro atoms. The summed E-state index contributed by atoms with van der Waals surface area (Å²) in [5, 5.41) is 15.0. The number of anilines is 1. The first-order valence-corrected chi connectivity index (χ1v) is 7.36. The number of aromatic nitrogens is 1. The molecule has 2 aromatic rings. The van der Waals surface area contributed by atoms with E-state index in [-0.39, 0.29) is 5.69 Å². The molecule has 23 heavy (non-hydrogen) atoms. The summed E-state index contributed by atoms with van der Waals surface area (Å²) in [4.78, 5) is 14.7. The Labute approximate surface area is 132 Å². The third-order valence-electron chi connectivity index (χ3n) is 3.90. The average molecular weight is 320 g/mol. The van der Waals surface area contributed by atoms with Gasteiger partial charge in [0, 0.05) is 32.2 Å². The van der Waals surface area contributed by atoms with Crippen LogP contribution < -0.4 is 4.90 Å². The van der Waals surface area contributed by atoms with Crippen molar-refractivity contribution >= 4 is 11.4 Å². The van der Waals surface area contributed by atoms with Crippen LogP contribution in [0, 0.1) is 22.9 Å². The van der Waals surface area contributed by atoms with E-state index < -0.39 is 10.7 Å². The number of nitro groups is 1. The van der Waals surface area contributed by atoms with E-state index in [1.165, 1.54) is 12.1 Å². The zero-order chi connectivity index (χ0) is 16.4. The lowest BCUT2D eigenvalue weighted by Gasteiger charge is -2.35. The van der Waals surface area contributed by atoms with Gasteiger partial charge in [-0.05, 0) is 19.1 Å². The standard InChI is InChI=1S/C15H17FN4O3/c1-11-8-13(23-17-11)10-18-4-6-19(7-5-18)14-3-2-12(16)9-15(14)20(21)22/h2-3,8-9H,4-7,10H2,1H3. The third-order valence-corrected chi connectivity index (χ3v) is 3.90. The molecule has 0 radical (unpaired) electrons. The van der Waals surface area contributed by atoms with Crippen LogP contribution in [0.25, 0.3) is 0 Å². The summed E-state index contributed by atoms with van der Waals surface area (Å²) in [5.41, 5.74) is 1.12. The predicted octanol–water partition coefficient (Wildman–Crippen LogP) is 2.35. The minimum Gasteiger partial charge on any atom is -0.363 e. The van der Waals surface area contributed by atoms with Crippen molar-refractivity contribution in [1.82, 2.24) is 10.1 Å². The smallest absolute Gasteiger partial charge is 0.295 e. The van der Waals surface area contributed by atoms with E-state index in [0.717, 1.165) is 30.6 Å². The summed E-state index contributed by atoms with van der Waals surface area (Å²) >= 11 is 0. The van der Waals surface area contributed by atoms with Crippen molar-refractivity contribution < 1.29 is 13.8 Å². The number of hydrogen-bond acceptors (Lipinski definition) is 6. The SMILES string of the molecule is Cc1cc(CN2CCN(c3ccc(F)cc3[N+](=O)[O-])CC2)on1. The highest BCUT2D eigenvalue weighted by Crippen LogP contribution is 2.29. The van der Waals surface area contributed by atoms with E-state index >= 15 is 0 Å². The Morgan fingerprint density at radius 1 is 1.30 bits per heavy atom. The number of nitro benzene ring substituents is 1. The molecule has 0 aliphatic carbocycles. The van der Waals surface area contributed by atoms with Crippen LogP contribution in [-0.2, 0) is 6.54 Å². The first kappa shape index (κ1) is 15.4. The highest BCUT2D eigenvalue weighted by Gasteiger charge is 2.24. The van der Waals surface area contributed by atoms with E-state index in [1.54, 1.807) is 0 Å². The molecule has 3 rings (SSSR count). The number of aryl methyl sites for hydroxylation is 1. The van der Waals surface area contributed by atoms with Crippen molar-refractivity contribution in [2.45, 2.75) is 13.5 Å². The molecule has 0 atom stereocenters. The first-order chi connectivity index (χ1) is 11.0. The van der Waals surface area contributed by atoms with E-state index in [2.05, 4.69) is 10.1 Å². The quantitative estimate of drug-likeness (QED) is 0.636. The van der Waals surface area contributed by atoms with E-state index in [0.29, 0.717) is 25.3 Å². The maximum absolute atomic E-state index is 13.2. The molecule has 1 aromatic carbocycles. The topological polar surface area (TPSA) is 75.7 Å². The van der Waals surface area contributed by atoms with Gasteiger partial charge in [-0.25, -0.2) is 4.39 Å². The van der Waals surface area contributed by atoms with Crippen LogP contribution in [0.2, 0.25) is 0 Å². The van der Waals surface area contributed by atoms with Crippen molar-refractivity contribution in [2.24, 2.45) is 0 Å². The Hall–Kier alpha value is -2.48.